The van der Waals surface area contributed by atoms with E-state index in [4.69, 9.17) is 21.3 Å². The molecule has 9 heteroatoms. The Morgan fingerprint density at radius 2 is 1.72 bits per heavy atom. The topological polar surface area (TPSA) is 88.6 Å². The number of carbonyl (C=O) groups excluding carboxylic acids is 3. The standard InChI is InChI=1S/C30H30ClN3O4S/c1-6-34(7-2)29(36)26-18(5)25(30(37)38-17(3)4)28(39-26)33-27(35)22-16-24(19-12-14-20(31)15-13-19)32-23-11-9-8-10-21(22)23/h8-17H,6-7H2,1-5H3,(H,33,35). The zero-order valence-corrected chi connectivity index (χ0v) is 24.1. The third kappa shape index (κ3) is 5.97. The van der Waals surface area contributed by atoms with Crippen LogP contribution in [0.1, 0.15) is 63.6 Å². The molecule has 0 atom stereocenters. The SMILES string of the molecule is CCN(CC)C(=O)c1sc(NC(=O)c2cc(-c3ccc(Cl)cc3)nc3ccccc23)c(C(=O)OC(C)C)c1C. The lowest BCUT2D eigenvalue weighted by atomic mass is 10.0. The number of nitrogens with zero attached hydrogens (tertiary/aromatic N) is 2. The molecule has 39 heavy (non-hydrogen) atoms. The lowest BCUT2D eigenvalue weighted by Gasteiger charge is -2.18. The number of carbonyl (C=O) groups is 3. The summed E-state index contributed by atoms with van der Waals surface area (Å²) < 4.78 is 5.48. The molecule has 2 heterocycles. The number of pyridine rings is 1. The molecule has 7 nitrogen and oxygen atoms in total. The van der Waals surface area contributed by atoms with Gasteiger partial charge in [0.2, 0.25) is 0 Å². The molecule has 0 aliphatic carbocycles. The van der Waals surface area contributed by atoms with E-state index < -0.39 is 11.9 Å². The molecule has 2 amide bonds. The molecule has 2 aromatic heterocycles. The van der Waals surface area contributed by atoms with Crippen molar-refractivity contribution >= 4 is 56.6 Å². The fraction of sp³-hybridized carbons (Fsp3) is 0.267. The van der Waals surface area contributed by atoms with Crippen LogP contribution in [0.25, 0.3) is 22.2 Å². The number of hydrogen-bond donors (Lipinski definition) is 1. The fourth-order valence-electron chi connectivity index (χ4n) is 4.28. The van der Waals surface area contributed by atoms with Crippen molar-refractivity contribution in [3.8, 4) is 11.3 Å². The van der Waals surface area contributed by atoms with E-state index in [0.717, 1.165) is 16.9 Å². The first-order chi connectivity index (χ1) is 18.6. The van der Waals surface area contributed by atoms with Gasteiger partial charge in [-0.1, -0.05) is 41.9 Å². The quantitative estimate of drug-likeness (QED) is 0.228. The highest BCUT2D eigenvalue weighted by Crippen LogP contribution is 2.36. The van der Waals surface area contributed by atoms with Gasteiger partial charge in [0.15, 0.2) is 0 Å². The lowest BCUT2D eigenvalue weighted by molar-refractivity contribution is 0.0379. The van der Waals surface area contributed by atoms with Gasteiger partial charge >= 0.3 is 5.97 Å². The minimum absolute atomic E-state index is 0.189. The number of benzene rings is 2. The highest BCUT2D eigenvalue weighted by molar-refractivity contribution is 7.18. The number of thiophene rings is 1. The van der Waals surface area contributed by atoms with Crippen molar-refractivity contribution in [1.29, 1.82) is 0 Å². The predicted molar refractivity (Wildman–Crippen MR) is 157 cm³/mol. The third-order valence-electron chi connectivity index (χ3n) is 6.27. The van der Waals surface area contributed by atoms with Crippen molar-refractivity contribution in [3.63, 3.8) is 0 Å². The molecular formula is C30H30ClN3O4S. The summed E-state index contributed by atoms with van der Waals surface area (Å²) in [6.07, 6.45) is -0.367. The Kier molecular flexibility index (Phi) is 8.67. The Morgan fingerprint density at radius 1 is 1.05 bits per heavy atom. The van der Waals surface area contributed by atoms with Gasteiger partial charge in [0.1, 0.15) is 5.00 Å². The van der Waals surface area contributed by atoms with Crippen LogP contribution in [0, 0.1) is 6.92 Å². The Morgan fingerprint density at radius 3 is 2.36 bits per heavy atom. The molecule has 0 fully saturated rings. The summed E-state index contributed by atoms with van der Waals surface area (Å²) in [7, 11) is 0. The van der Waals surface area contributed by atoms with Crippen molar-refractivity contribution in [2.75, 3.05) is 18.4 Å². The van der Waals surface area contributed by atoms with Crippen LogP contribution in [0.5, 0.6) is 0 Å². The summed E-state index contributed by atoms with van der Waals surface area (Å²) in [4.78, 5) is 47.0. The number of anilines is 1. The van der Waals surface area contributed by atoms with Crippen LogP contribution in [0.15, 0.2) is 54.6 Å². The molecule has 4 rings (SSSR count). The van der Waals surface area contributed by atoms with Crippen molar-refractivity contribution in [3.05, 3.63) is 81.2 Å². The van der Waals surface area contributed by atoms with Crippen LogP contribution in [0.4, 0.5) is 5.00 Å². The molecule has 4 aromatic rings. The average molecular weight is 564 g/mol. The summed E-state index contributed by atoms with van der Waals surface area (Å²) in [6, 6.07) is 16.3. The van der Waals surface area contributed by atoms with Gasteiger partial charge in [-0.25, -0.2) is 9.78 Å². The van der Waals surface area contributed by atoms with E-state index in [0.29, 0.717) is 50.7 Å². The summed E-state index contributed by atoms with van der Waals surface area (Å²) in [5.41, 5.74) is 3.12. The lowest BCUT2D eigenvalue weighted by Crippen LogP contribution is -2.30. The molecular weight excluding hydrogens is 534 g/mol. The first-order valence-corrected chi connectivity index (χ1v) is 13.9. The summed E-state index contributed by atoms with van der Waals surface area (Å²) in [5, 5.41) is 4.44. The number of para-hydroxylation sites is 1. The molecule has 0 saturated carbocycles. The maximum absolute atomic E-state index is 13.8. The van der Waals surface area contributed by atoms with Crippen LogP contribution in [-0.2, 0) is 4.74 Å². The number of aromatic nitrogens is 1. The minimum Gasteiger partial charge on any atom is -0.459 e. The molecule has 0 aliphatic rings. The number of esters is 1. The summed E-state index contributed by atoms with van der Waals surface area (Å²) in [6.45, 7) is 10.1. The largest absolute Gasteiger partial charge is 0.459 e. The summed E-state index contributed by atoms with van der Waals surface area (Å²) >= 11 is 7.15. The van der Waals surface area contributed by atoms with Gasteiger partial charge in [-0.3, -0.25) is 9.59 Å². The number of hydrogen-bond acceptors (Lipinski definition) is 6. The zero-order valence-electron chi connectivity index (χ0n) is 22.5. The van der Waals surface area contributed by atoms with Gasteiger partial charge < -0.3 is 15.0 Å². The normalized spacial score (nSPS) is 11.1. The molecule has 0 unspecified atom stereocenters. The van der Waals surface area contributed by atoms with E-state index in [1.807, 2.05) is 50.2 Å². The highest BCUT2D eigenvalue weighted by atomic mass is 35.5. The average Bonchev–Trinajstić information content (AvgIpc) is 3.24. The van der Waals surface area contributed by atoms with E-state index in [2.05, 4.69) is 5.32 Å². The Labute approximate surface area is 236 Å². The molecule has 202 valence electrons. The number of ether oxygens (including phenoxy) is 1. The van der Waals surface area contributed by atoms with Crippen molar-refractivity contribution in [2.45, 2.75) is 40.7 Å². The van der Waals surface area contributed by atoms with Crippen molar-refractivity contribution in [1.82, 2.24) is 9.88 Å². The number of fused-ring (bicyclic) bond motifs is 1. The van der Waals surface area contributed by atoms with E-state index in [1.165, 1.54) is 0 Å². The predicted octanol–water partition coefficient (Wildman–Crippen LogP) is 7.22. The molecule has 0 bridgehead atoms. The summed E-state index contributed by atoms with van der Waals surface area (Å²) in [5.74, 6) is -1.21. The molecule has 0 spiro atoms. The van der Waals surface area contributed by atoms with Crippen LogP contribution in [0.3, 0.4) is 0 Å². The Hall–Kier alpha value is -3.75. The monoisotopic (exact) mass is 563 g/mol. The second-order valence-corrected chi connectivity index (χ2v) is 10.7. The smallest absolute Gasteiger partial charge is 0.341 e. The zero-order chi connectivity index (χ0) is 28.3. The van der Waals surface area contributed by atoms with Crippen LogP contribution >= 0.6 is 22.9 Å². The van der Waals surface area contributed by atoms with Gasteiger partial charge in [-0.05, 0) is 64.4 Å². The first-order valence-electron chi connectivity index (χ1n) is 12.7. The Balaban J connectivity index is 1.81. The number of amides is 2. The van der Waals surface area contributed by atoms with Crippen molar-refractivity contribution in [2.24, 2.45) is 0 Å². The maximum atomic E-state index is 13.8. The second kappa shape index (κ2) is 12.0. The molecule has 0 saturated heterocycles. The van der Waals surface area contributed by atoms with E-state index >= 15 is 0 Å². The van der Waals surface area contributed by atoms with Gasteiger partial charge in [-0.2, -0.15) is 0 Å². The third-order valence-corrected chi connectivity index (χ3v) is 7.71. The maximum Gasteiger partial charge on any atom is 0.341 e. The van der Waals surface area contributed by atoms with Crippen LogP contribution in [0.2, 0.25) is 5.02 Å². The van der Waals surface area contributed by atoms with Gasteiger partial charge in [0, 0.05) is 29.1 Å². The van der Waals surface area contributed by atoms with Gasteiger partial charge in [0.25, 0.3) is 11.8 Å². The highest BCUT2D eigenvalue weighted by Gasteiger charge is 2.29. The second-order valence-electron chi connectivity index (χ2n) is 9.23. The molecule has 2 aromatic carbocycles. The van der Waals surface area contributed by atoms with E-state index in [9.17, 15) is 14.4 Å². The number of rotatable bonds is 8. The van der Waals surface area contributed by atoms with Crippen LogP contribution < -0.4 is 5.32 Å². The Bertz CT molecular complexity index is 1540. The van der Waals surface area contributed by atoms with Gasteiger partial charge in [-0.15, -0.1) is 11.3 Å². The molecule has 1 N–H and O–H groups in total. The van der Waals surface area contributed by atoms with Crippen LogP contribution in [-0.4, -0.2) is 46.9 Å². The van der Waals surface area contributed by atoms with Gasteiger partial charge in [0.05, 0.1) is 33.3 Å². The van der Waals surface area contributed by atoms with Crippen molar-refractivity contribution < 1.29 is 19.1 Å². The number of halogens is 1. The first kappa shape index (κ1) is 28.3. The fourth-order valence-corrected chi connectivity index (χ4v) is 5.56. The minimum atomic E-state index is -0.589. The molecule has 0 radical (unpaired) electrons. The molecule has 0 aliphatic heterocycles. The van der Waals surface area contributed by atoms with E-state index in [-0.39, 0.29) is 22.6 Å². The number of nitrogens with one attached hydrogen (secondary N) is 1. The van der Waals surface area contributed by atoms with E-state index in [1.54, 1.807) is 43.9 Å².